The zero-order valence-electron chi connectivity index (χ0n) is 12.0. The van der Waals surface area contributed by atoms with Crippen LogP contribution >= 0.6 is 15.9 Å². The summed E-state index contributed by atoms with van der Waals surface area (Å²) in [5, 5.41) is 0. The van der Waals surface area contributed by atoms with Gasteiger partial charge in [0.2, 0.25) is 0 Å². The number of hydrogen-bond donors (Lipinski definition) is 0. The predicted molar refractivity (Wildman–Crippen MR) is 82.2 cm³/mol. The van der Waals surface area contributed by atoms with Crippen molar-refractivity contribution in [2.75, 3.05) is 13.7 Å². The van der Waals surface area contributed by atoms with Crippen LogP contribution in [0.4, 0.5) is 0 Å². The molecule has 4 heteroatoms. The molecule has 1 fully saturated rings. The molecule has 1 aliphatic rings. The molecule has 1 saturated carbocycles. The monoisotopic (exact) mass is 340 g/mol. The summed E-state index contributed by atoms with van der Waals surface area (Å²) in [6.07, 6.45) is 3.56. The first-order chi connectivity index (χ1) is 9.62. The Morgan fingerprint density at radius 3 is 2.80 bits per heavy atom. The Bertz CT molecular complexity index is 467. The zero-order chi connectivity index (χ0) is 14.5. The third kappa shape index (κ3) is 4.06. The summed E-state index contributed by atoms with van der Waals surface area (Å²) in [5.74, 6) is 1.58. The highest BCUT2D eigenvalue weighted by Crippen LogP contribution is 2.33. The number of Topliss-reactive ketones (excluding diaryl/α,β-unsaturated/α-hetero) is 1. The maximum Gasteiger partial charge on any atom is 0.137 e. The van der Waals surface area contributed by atoms with Gasteiger partial charge in [-0.15, -0.1) is 0 Å². The van der Waals surface area contributed by atoms with Crippen LogP contribution in [0, 0.1) is 5.92 Å². The molecule has 1 aromatic carbocycles. The second-order valence-electron chi connectivity index (χ2n) is 5.29. The lowest BCUT2D eigenvalue weighted by molar-refractivity contribution is -0.121. The van der Waals surface area contributed by atoms with E-state index < -0.39 is 0 Å². The second kappa shape index (κ2) is 7.23. The Morgan fingerprint density at radius 2 is 2.15 bits per heavy atom. The summed E-state index contributed by atoms with van der Waals surface area (Å²) in [7, 11) is 1.64. The SMILES string of the molecule is CCOC1CC(CC(=O)Cc2cc(OC)ccc2Br)C1. The van der Waals surface area contributed by atoms with Crippen LogP contribution in [0.15, 0.2) is 22.7 Å². The van der Waals surface area contributed by atoms with Crippen LogP contribution in [-0.2, 0) is 16.0 Å². The summed E-state index contributed by atoms with van der Waals surface area (Å²) >= 11 is 3.49. The Hall–Kier alpha value is -0.870. The standard InChI is InChI=1S/C16H21BrO3/c1-3-20-15-7-11(8-15)6-13(18)9-12-10-14(19-2)4-5-16(12)17/h4-5,10-11,15H,3,6-9H2,1-2H3. The molecular weight excluding hydrogens is 320 g/mol. The number of carbonyl (C=O) groups excluding carboxylic acids is 1. The smallest absolute Gasteiger partial charge is 0.137 e. The van der Waals surface area contributed by atoms with Gasteiger partial charge in [-0.3, -0.25) is 4.79 Å². The van der Waals surface area contributed by atoms with Gasteiger partial charge in [-0.05, 0) is 49.4 Å². The van der Waals surface area contributed by atoms with Gasteiger partial charge < -0.3 is 9.47 Å². The van der Waals surface area contributed by atoms with Crippen molar-refractivity contribution in [3.63, 3.8) is 0 Å². The third-order valence-electron chi connectivity index (χ3n) is 3.75. The van der Waals surface area contributed by atoms with Crippen molar-refractivity contribution in [2.24, 2.45) is 5.92 Å². The molecule has 0 atom stereocenters. The van der Waals surface area contributed by atoms with Crippen LogP contribution in [0.1, 0.15) is 31.7 Å². The molecule has 20 heavy (non-hydrogen) atoms. The van der Waals surface area contributed by atoms with E-state index in [4.69, 9.17) is 9.47 Å². The van der Waals surface area contributed by atoms with E-state index in [2.05, 4.69) is 15.9 Å². The minimum Gasteiger partial charge on any atom is -0.497 e. The molecule has 0 radical (unpaired) electrons. The van der Waals surface area contributed by atoms with Crippen molar-refractivity contribution >= 4 is 21.7 Å². The van der Waals surface area contributed by atoms with E-state index in [1.54, 1.807) is 7.11 Å². The number of carbonyl (C=O) groups is 1. The maximum absolute atomic E-state index is 12.1. The zero-order valence-corrected chi connectivity index (χ0v) is 13.6. The Balaban J connectivity index is 1.83. The molecule has 0 N–H and O–H groups in total. The number of ketones is 1. The lowest BCUT2D eigenvalue weighted by Gasteiger charge is -2.34. The van der Waals surface area contributed by atoms with Gasteiger partial charge in [0.1, 0.15) is 11.5 Å². The van der Waals surface area contributed by atoms with Gasteiger partial charge in [-0.1, -0.05) is 15.9 Å². The van der Waals surface area contributed by atoms with Crippen molar-refractivity contribution in [3.8, 4) is 5.75 Å². The van der Waals surface area contributed by atoms with Gasteiger partial charge in [-0.2, -0.15) is 0 Å². The van der Waals surface area contributed by atoms with E-state index in [-0.39, 0.29) is 0 Å². The fourth-order valence-electron chi connectivity index (χ4n) is 2.63. The maximum atomic E-state index is 12.1. The highest BCUT2D eigenvalue weighted by molar-refractivity contribution is 9.10. The lowest BCUT2D eigenvalue weighted by Crippen LogP contribution is -2.33. The van der Waals surface area contributed by atoms with Gasteiger partial charge >= 0.3 is 0 Å². The van der Waals surface area contributed by atoms with Crippen molar-refractivity contribution in [3.05, 3.63) is 28.2 Å². The van der Waals surface area contributed by atoms with Gasteiger partial charge in [0, 0.05) is 23.9 Å². The Labute approximate surface area is 128 Å². The number of ether oxygens (including phenoxy) is 2. The topological polar surface area (TPSA) is 35.5 Å². The molecule has 0 saturated heterocycles. The molecule has 0 amide bonds. The highest BCUT2D eigenvalue weighted by atomic mass is 79.9. The molecule has 0 aliphatic heterocycles. The average Bonchev–Trinajstić information content (AvgIpc) is 2.39. The van der Waals surface area contributed by atoms with Gasteiger partial charge in [0.05, 0.1) is 13.2 Å². The van der Waals surface area contributed by atoms with E-state index in [1.807, 2.05) is 25.1 Å². The number of methoxy groups -OCH3 is 1. The predicted octanol–water partition coefficient (Wildman–Crippen LogP) is 3.77. The summed E-state index contributed by atoms with van der Waals surface area (Å²) in [4.78, 5) is 12.1. The molecule has 0 unspecified atom stereocenters. The minimum atomic E-state index is 0.291. The van der Waals surface area contributed by atoms with Gasteiger partial charge in [0.25, 0.3) is 0 Å². The Kier molecular flexibility index (Phi) is 5.61. The first kappa shape index (κ1) is 15.5. The van der Waals surface area contributed by atoms with Crippen molar-refractivity contribution in [2.45, 2.75) is 38.7 Å². The van der Waals surface area contributed by atoms with Crippen molar-refractivity contribution in [1.82, 2.24) is 0 Å². The fourth-order valence-corrected chi connectivity index (χ4v) is 3.02. The van der Waals surface area contributed by atoms with Gasteiger partial charge in [-0.25, -0.2) is 0 Å². The van der Waals surface area contributed by atoms with Crippen LogP contribution in [0.5, 0.6) is 5.75 Å². The molecule has 1 aromatic rings. The van der Waals surface area contributed by atoms with Crippen molar-refractivity contribution in [1.29, 1.82) is 0 Å². The molecule has 110 valence electrons. The molecule has 0 heterocycles. The summed E-state index contributed by atoms with van der Waals surface area (Å²) in [5.41, 5.74) is 0.995. The number of hydrogen-bond acceptors (Lipinski definition) is 3. The van der Waals surface area contributed by atoms with Crippen molar-refractivity contribution < 1.29 is 14.3 Å². The third-order valence-corrected chi connectivity index (χ3v) is 4.53. The molecule has 0 bridgehead atoms. The summed E-state index contributed by atoms with van der Waals surface area (Å²) in [6.45, 7) is 2.78. The Morgan fingerprint density at radius 1 is 1.40 bits per heavy atom. The molecule has 0 aromatic heterocycles. The van der Waals surface area contributed by atoms with Crippen LogP contribution < -0.4 is 4.74 Å². The van der Waals surface area contributed by atoms with E-state index in [0.29, 0.717) is 30.6 Å². The van der Waals surface area contributed by atoms with E-state index in [0.717, 1.165) is 35.2 Å². The normalized spacial score (nSPS) is 21.4. The molecule has 2 rings (SSSR count). The molecular formula is C16H21BrO3. The number of benzene rings is 1. The molecule has 3 nitrogen and oxygen atoms in total. The average molecular weight is 341 g/mol. The highest BCUT2D eigenvalue weighted by Gasteiger charge is 2.30. The lowest BCUT2D eigenvalue weighted by atomic mass is 9.78. The quantitative estimate of drug-likeness (QED) is 0.757. The van der Waals surface area contributed by atoms with E-state index in [1.165, 1.54) is 0 Å². The van der Waals surface area contributed by atoms with E-state index in [9.17, 15) is 4.79 Å². The largest absolute Gasteiger partial charge is 0.497 e. The van der Waals surface area contributed by atoms with E-state index >= 15 is 0 Å². The van der Waals surface area contributed by atoms with Crippen LogP contribution in [0.2, 0.25) is 0 Å². The molecule has 1 aliphatic carbocycles. The van der Waals surface area contributed by atoms with Crippen LogP contribution in [-0.4, -0.2) is 25.6 Å². The second-order valence-corrected chi connectivity index (χ2v) is 6.15. The summed E-state index contributed by atoms with van der Waals surface area (Å²) < 4.78 is 11.7. The van der Waals surface area contributed by atoms with Crippen LogP contribution in [0.3, 0.4) is 0 Å². The first-order valence-electron chi connectivity index (χ1n) is 7.08. The molecule has 0 spiro atoms. The first-order valence-corrected chi connectivity index (χ1v) is 7.87. The number of halogens is 1. The minimum absolute atomic E-state index is 0.291. The van der Waals surface area contributed by atoms with Gasteiger partial charge in [0.15, 0.2) is 0 Å². The number of rotatable bonds is 7. The van der Waals surface area contributed by atoms with Crippen LogP contribution in [0.25, 0.3) is 0 Å². The summed E-state index contributed by atoms with van der Waals surface area (Å²) in [6, 6.07) is 5.73. The fraction of sp³-hybridized carbons (Fsp3) is 0.562.